The van der Waals surface area contributed by atoms with Gasteiger partial charge in [-0.15, -0.1) is 0 Å². The summed E-state index contributed by atoms with van der Waals surface area (Å²) in [6, 6.07) is 2.07. The summed E-state index contributed by atoms with van der Waals surface area (Å²) < 4.78 is 5.63. The van der Waals surface area contributed by atoms with Crippen LogP contribution in [0.5, 0.6) is 0 Å². The first kappa shape index (κ1) is 12.9. The molecule has 1 atom stereocenters. The lowest BCUT2D eigenvalue weighted by atomic mass is 10.2. The molecule has 3 rings (SSSR count). The van der Waals surface area contributed by atoms with E-state index in [0.29, 0.717) is 12.1 Å². The fourth-order valence-corrected chi connectivity index (χ4v) is 2.70. The third kappa shape index (κ3) is 3.09. The molecule has 1 aliphatic heterocycles. The lowest BCUT2D eigenvalue weighted by molar-refractivity contribution is 0.195. The van der Waals surface area contributed by atoms with Crippen molar-refractivity contribution >= 4 is 6.01 Å². The highest BCUT2D eigenvalue weighted by molar-refractivity contribution is 5.28. The van der Waals surface area contributed by atoms with Gasteiger partial charge in [0.1, 0.15) is 6.26 Å². The summed E-state index contributed by atoms with van der Waals surface area (Å²) in [5, 5.41) is 3.46. The summed E-state index contributed by atoms with van der Waals surface area (Å²) in [7, 11) is 0. The zero-order valence-corrected chi connectivity index (χ0v) is 11.9. The van der Waals surface area contributed by atoms with Crippen LogP contribution in [0.3, 0.4) is 0 Å². The number of piperazine rings is 1. The van der Waals surface area contributed by atoms with E-state index < -0.39 is 0 Å². The molecule has 1 aromatic heterocycles. The average Bonchev–Trinajstić information content (AvgIpc) is 3.13. The Morgan fingerprint density at radius 1 is 1.42 bits per heavy atom. The molecule has 5 heteroatoms. The summed E-state index contributed by atoms with van der Waals surface area (Å²) in [6.07, 6.45) is 4.41. The van der Waals surface area contributed by atoms with E-state index in [1.165, 1.54) is 12.8 Å². The van der Waals surface area contributed by atoms with Crippen LogP contribution in [0.4, 0.5) is 6.01 Å². The van der Waals surface area contributed by atoms with Crippen LogP contribution in [0, 0.1) is 0 Å². The maximum Gasteiger partial charge on any atom is 0.297 e. The van der Waals surface area contributed by atoms with Gasteiger partial charge in [0.25, 0.3) is 6.01 Å². The molecule has 5 nitrogen and oxygen atoms in total. The van der Waals surface area contributed by atoms with Crippen molar-refractivity contribution < 1.29 is 4.42 Å². The third-order valence-electron chi connectivity index (χ3n) is 4.13. The molecule has 1 N–H and O–H groups in total. The number of likely N-dealkylation sites (N-methyl/N-ethyl adjacent to an activating group) is 1. The summed E-state index contributed by atoms with van der Waals surface area (Å²) in [6.45, 7) is 9.55. The van der Waals surface area contributed by atoms with Gasteiger partial charge in [0.15, 0.2) is 0 Å². The van der Waals surface area contributed by atoms with Crippen molar-refractivity contribution in [3.63, 3.8) is 0 Å². The quantitative estimate of drug-likeness (QED) is 0.872. The zero-order chi connectivity index (χ0) is 13.2. The van der Waals surface area contributed by atoms with Gasteiger partial charge in [-0.1, -0.05) is 6.92 Å². The van der Waals surface area contributed by atoms with E-state index in [1.54, 1.807) is 6.26 Å². The van der Waals surface area contributed by atoms with Crippen LogP contribution >= 0.6 is 0 Å². The molecule has 106 valence electrons. The molecule has 0 radical (unpaired) electrons. The first-order valence-corrected chi connectivity index (χ1v) is 7.43. The number of nitrogens with zero attached hydrogens (tertiary/aromatic N) is 3. The molecule has 1 aromatic rings. The molecule has 2 heterocycles. The standard InChI is InChI=1S/C14H24N4O/c1-3-17-6-7-18(9-11(17)2)14-16-13(10-19-14)8-15-12-4-5-12/h10-12,15H,3-9H2,1-2H3. The molecule has 0 amide bonds. The molecule has 0 aromatic carbocycles. The molecule has 1 aliphatic carbocycles. The summed E-state index contributed by atoms with van der Waals surface area (Å²) >= 11 is 0. The van der Waals surface area contributed by atoms with E-state index in [4.69, 9.17) is 4.42 Å². The Labute approximate surface area is 115 Å². The first-order chi connectivity index (χ1) is 9.26. The van der Waals surface area contributed by atoms with E-state index in [2.05, 4.69) is 33.9 Å². The lowest BCUT2D eigenvalue weighted by Crippen LogP contribution is -2.51. The van der Waals surface area contributed by atoms with Crippen LogP contribution in [-0.4, -0.2) is 48.1 Å². The highest BCUT2D eigenvalue weighted by Gasteiger charge is 2.25. The van der Waals surface area contributed by atoms with Gasteiger partial charge in [-0.05, 0) is 26.3 Å². The Bertz CT molecular complexity index is 415. The number of hydrogen-bond donors (Lipinski definition) is 1. The predicted octanol–water partition coefficient (Wildman–Crippen LogP) is 1.46. The van der Waals surface area contributed by atoms with Crippen LogP contribution < -0.4 is 10.2 Å². The van der Waals surface area contributed by atoms with Gasteiger partial charge in [0.05, 0.1) is 5.69 Å². The van der Waals surface area contributed by atoms with Crippen LogP contribution in [-0.2, 0) is 6.54 Å². The molecule has 2 aliphatic rings. The van der Waals surface area contributed by atoms with E-state index in [-0.39, 0.29) is 0 Å². The summed E-state index contributed by atoms with van der Waals surface area (Å²) in [4.78, 5) is 9.35. The highest BCUT2D eigenvalue weighted by atomic mass is 16.4. The Hall–Kier alpha value is -1.07. The summed E-state index contributed by atoms with van der Waals surface area (Å²) in [5.74, 6) is 0. The minimum absolute atomic E-state index is 0.568. The molecule has 1 saturated carbocycles. The smallest absolute Gasteiger partial charge is 0.297 e. The number of aromatic nitrogens is 1. The van der Waals surface area contributed by atoms with Crippen molar-refractivity contribution in [2.24, 2.45) is 0 Å². The molecule has 2 fully saturated rings. The fourth-order valence-electron chi connectivity index (χ4n) is 2.70. The van der Waals surface area contributed by atoms with Crippen molar-refractivity contribution in [3.8, 4) is 0 Å². The van der Waals surface area contributed by atoms with Crippen molar-refractivity contribution in [1.82, 2.24) is 15.2 Å². The van der Waals surface area contributed by atoms with Crippen LogP contribution in [0.25, 0.3) is 0 Å². The Morgan fingerprint density at radius 3 is 2.95 bits per heavy atom. The van der Waals surface area contributed by atoms with E-state index in [1.807, 2.05) is 0 Å². The first-order valence-electron chi connectivity index (χ1n) is 7.43. The summed E-state index contributed by atoms with van der Waals surface area (Å²) in [5.41, 5.74) is 1.02. The van der Waals surface area contributed by atoms with E-state index >= 15 is 0 Å². The third-order valence-corrected chi connectivity index (χ3v) is 4.13. The van der Waals surface area contributed by atoms with Crippen molar-refractivity contribution in [3.05, 3.63) is 12.0 Å². The monoisotopic (exact) mass is 264 g/mol. The molecule has 0 bridgehead atoms. The normalized spacial score (nSPS) is 24.9. The number of oxazole rings is 1. The van der Waals surface area contributed by atoms with Gasteiger partial charge >= 0.3 is 0 Å². The van der Waals surface area contributed by atoms with Crippen molar-refractivity contribution in [2.45, 2.75) is 45.3 Å². The van der Waals surface area contributed by atoms with E-state index in [0.717, 1.165) is 44.4 Å². The van der Waals surface area contributed by atoms with Crippen LogP contribution in [0.2, 0.25) is 0 Å². The van der Waals surface area contributed by atoms with Crippen LogP contribution in [0.1, 0.15) is 32.4 Å². The van der Waals surface area contributed by atoms with Gasteiger partial charge in [0, 0.05) is 38.3 Å². The second kappa shape index (κ2) is 5.51. The number of hydrogen-bond acceptors (Lipinski definition) is 5. The molecule has 1 saturated heterocycles. The minimum Gasteiger partial charge on any atom is -0.432 e. The SMILES string of the molecule is CCN1CCN(c2nc(CNC3CC3)co2)CC1C. The van der Waals surface area contributed by atoms with Crippen molar-refractivity contribution in [2.75, 3.05) is 31.1 Å². The van der Waals surface area contributed by atoms with Gasteiger partial charge in [0.2, 0.25) is 0 Å². The molecule has 1 unspecified atom stereocenters. The molecular weight excluding hydrogens is 240 g/mol. The maximum absolute atomic E-state index is 5.63. The number of nitrogens with one attached hydrogen (secondary N) is 1. The maximum atomic E-state index is 5.63. The molecule has 0 spiro atoms. The molecular formula is C14H24N4O. The Balaban J connectivity index is 1.56. The second-order valence-electron chi connectivity index (χ2n) is 5.70. The Morgan fingerprint density at radius 2 is 2.26 bits per heavy atom. The van der Waals surface area contributed by atoms with Crippen LogP contribution in [0.15, 0.2) is 10.7 Å². The lowest BCUT2D eigenvalue weighted by Gasteiger charge is -2.38. The average molecular weight is 264 g/mol. The fraction of sp³-hybridized carbons (Fsp3) is 0.786. The topological polar surface area (TPSA) is 44.5 Å². The number of anilines is 1. The van der Waals surface area contributed by atoms with Gasteiger partial charge in [-0.3, -0.25) is 4.90 Å². The van der Waals surface area contributed by atoms with Gasteiger partial charge in [-0.2, -0.15) is 4.98 Å². The van der Waals surface area contributed by atoms with Crippen molar-refractivity contribution in [1.29, 1.82) is 0 Å². The van der Waals surface area contributed by atoms with Gasteiger partial charge < -0.3 is 14.6 Å². The zero-order valence-electron chi connectivity index (χ0n) is 11.9. The minimum atomic E-state index is 0.568. The number of rotatable bonds is 5. The van der Waals surface area contributed by atoms with Gasteiger partial charge in [-0.25, -0.2) is 0 Å². The second-order valence-corrected chi connectivity index (χ2v) is 5.70. The largest absolute Gasteiger partial charge is 0.432 e. The Kier molecular flexibility index (Phi) is 3.75. The molecule has 19 heavy (non-hydrogen) atoms. The highest BCUT2D eigenvalue weighted by Crippen LogP contribution is 2.21. The predicted molar refractivity (Wildman–Crippen MR) is 75.3 cm³/mol. The van der Waals surface area contributed by atoms with E-state index in [9.17, 15) is 0 Å².